The first kappa shape index (κ1) is 24.1. The van der Waals surface area contributed by atoms with Crippen molar-refractivity contribution in [3.05, 3.63) is 65.7 Å². The largest absolute Gasteiger partial charge is 0.463 e. The summed E-state index contributed by atoms with van der Waals surface area (Å²) in [6.45, 7) is 2.78. The number of hydrogen-bond acceptors (Lipinski definition) is 4. The zero-order chi connectivity index (χ0) is 22.6. The van der Waals surface area contributed by atoms with Crippen LogP contribution in [0.5, 0.6) is 5.75 Å². The number of carbonyl (C=O) groups excluding carboxylic acids is 3. The van der Waals surface area contributed by atoms with Crippen molar-refractivity contribution in [1.82, 2.24) is 10.6 Å². The highest BCUT2D eigenvalue weighted by Gasteiger charge is 2.26. The lowest BCUT2D eigenvalue weighted by Gasteiger charge is -2.23. The molecule has 31 heavy (non-hydrogen) atoms. The Hall–Kier alpha value is -3.22. The second kappa shape index (κ2) is 12.5. The smallest absolute Gasteiger partial charge is 0.243 e. The van der Waals surface area contributed by atoms with E-state index >= 15 is 0 Å². The fourth-order valence-electron chi connectivity index (χ4n) is 3.13. The minimum absolute atomic E-state index is 0.148. The number of aldehydes is 1. The van der Waals surface area contributed by atoms with Crippen molar-refractivity contribution < 1.29 is 23.5 Å². The molecule has 7 heteroatoms. The molecule has 0 saturated carbocycles. The average molecular weight is 429 g/mol. The number of rotatable bonds is 12. The van der Waals surface area contributed by atoms with Gasteiger partial charge in [-0.1, -0.05) is 56.3 Å². The van der Waals surface area contributed by atoms with Gasteiger partial charge in [-0.25, -0.2) is 4.39 Å². The Bertz CT molecular complexity index is 840. The SMILES string of the molecule is CC(C)[C@H](NC(=O)CCc1ccc(OCF)cc1)C(=O)NC(C=O)Cc1ccccc1. The summed E-state index contributed by atoms with van der Waals surface area (Å²) >= 11 is 0. The molecule has 2 aromatic carbocycles. The third kappa shape index (κ3) is 8.20. The van der Waals surface area contributed by atoms with Crippen LogP contribution in [0.15, 0.2) is 54.6 Å². The molecule has 0 radical (unpaired) electrons. The summed E-state index contributed by atoms with van der Waals surface area (Å²) in [4.78, 5) is 36.6. The van der Waals surface area contributed by atoms with Gasteiger partial charge in [0.15, 0.2) is 0 Å². The van der Waals surface area contributed by atoms with Crippen molar-refractivity contribution in [2.75, 3.05) is 6.86 Å². The predicted octanol–water partition coefficient (Wildman–Crippen LogP) is 2.99. The molecule has 2 N–H and O–H groups in total. The molecule has 0 spiro atoms. The lowest BCUT2D eigenvalue weighted by atomic mass is 10.0. The number of ether oxygens (including phenoxy) is 1. The Morgan fingerprint density at radius 1 is 1.00 bits per heavy atom. The minimum Gasteiger partial charge on any atom is -0.463 e. The van der Waals surface area contributed by atoms with Gasteiger partial charge in [0.1, 0.15) is 18.1 Å². The van der Waals surface area contributed by atoms with Crippen LogP contribution in [0.1, 0.15) is 31.4 Å². The van der Waals surface area contributed by atoms with Crippen LogP contribution in [0.25, 0.3) is 0 Å². The Labute approximate surface area is 182 Å². The summed E-state index contributed by atoms with van der Waals surface area (Å²) in [5.74, 6) is -0.370. The van der Waals surface area contributed by atoms with Crippen molar-refractivity contribution in [1.29, 1.82) is 0 Å². The molecule has 0 aliphatic heterocycles. The summed E-state index contributed by atoms with van der Waals surface area (Å²) < 4.78 is 16.9. The second-order valence-electron chi connectivity index (χ2n) is 7.63. The van der Waals surface area contributed by atoms with Crippen LogP contribution < -0.4 is 15.4 Å². The predicted molar refractivity (Wildman–Crippen MR) is 116 cm³/mol. The van der Waals surface area contributed by atoms with Gasteiger partial charge in [0.2, 0.25) is 18.7 Å². The Morgan fingerprint density at radius 2 is 1.68 bits per heavy atom. The van der Waals surface area contributed by atoms with Gasteiger partial charge in [0.25, 0.3) is 0 Å². The molecule has 2 amide bonds. The van der Waals surface area contributed by atoms with Gasteiger partial charge in [0, 0.05) is 6.42 Å². The van der Waals surface area contributed by atoms with Crippen LogP contribution in [-0.2, 0) is 27.2 Å². The van der Waals surface area contributed by atoms with Gasteiger partial charge in [0.05, 0.1) is 6.04 Å². The van der Waals surface area contributed by atoms with Gasteiger partial charge < -0.3 is 20.2 Å². The van der Waals surface area contributed by atoms with Gasteiger partial charge >= 0.3 is 0 Å². The maximum atomic E-state index is 12.7. The number of halogens is 1. The summed E-state index contributed by atoms with van der Waals surface area (Å²) in [5.41, 5.74) is 1.84. The van der Waals surface area contributed by atoms with Crippen molar-refractivity contribution in [2.24, 2.45) is 5.92 Å². The highest BCUT2D eigenvalue weighted by atomic mass is 19.1. The molecule has 0 fully saturated rings. The van der Waals surface area contributed by atoms with Crippen LogP contribution in [-0.4, -0.2) is 37.0 Å². The summed E-state index contributed by atoms with van der Waals surface area (Å²) in [5, 5.41) is 5.50. The van der Waals surface area contributed by atoms with E-state index in [1.165, 1.54) is 0 Å². The van der Waals surface area contributed by atoms with Crippen LogP contribution in [0.2, 0.25) is 0 Å². The maximum Gasteiger partial charge on any atom is 0.243 e. The Balaban J connectivity index is 1.89. The first-order chi connectivity index (χ1) is 14.9. The number of amides is 2. The van der Waals surface area contributed by atoms with Crippen molar-refractivity contribution in [3.8, 4) is 5.75 Å². The van der Waals surface area contributed by atoms with E-state index in [1.54, 1.807) is 24.3 Å². The fourth-order valence-corrected chi connectivity index (χ4v) is 3.13. The van der Waals surface area contributed by atoms with Gasteiger partial charge in [-0.2, -0.15) is 0 Å². The van der Waals surface area contributed by atoms with E-state index in [1.807, 2.05) is 44.2 Å². The molecule has 2 atom stereocenters. The number of alkyl halides is 1. The number of carbonyl (C=O) groups is 3. The lowest BCUT2D eigenvalue weighted by molar-refractivity contribution is -0.131. The monoisotopic (exact) mass is 428 g/mol. The number of hydrogen-bond donors (Lipinski definition) is 2. The van der Waals surface area contributed by atoms with E-state index in [0.717, 1.165) is 11.1 Å². The molecular weight excluding hydrogens is 399 g/mol. The molecule has 0 heterocycles. The second-order valence-corrected chi connectivity index (χ2v) is 7.63. The van der Waals surface area contributed by atoms with E-state index in [9.17, 15) is 18.8 Å². The highest BCUT2D eigenvalue weighted by Crippen LogP contribution is 2.14. The molecule has 2 aromatic rings. The number of nitrogens with one attached hydrogen (secondary N) is 2. The van der Waals surface area contributed by atoms with E-state index in [2.05, 4.69) is 10.6 Å². The van der Waals surface area contributed by atoms with Crippen molar-refractivity contribution in [2.45, 2.75) is 45.2 Å². The first-order valence-corrected chi connectivity index (χ1v) is 10.3. The standard InChI is InChI=1S/C24H29FN2O4/c1-17(2)23(24(30)26-20(15-28)14-19-6-4-3-5-7-19)27-22(29)13-10-18-8-11-21(12-9-18)31-16-25/h3-9,11-12,15,17,20,23H,10,13-14,16H2,1-2H3,(H,26,30)(H,27,29)/t20?,23-/m0/s1. The van der Waals surface area contributed by atoms with Crippen LogP contribution in [0.3, 0.4) is 0 Å². The molecule has 166 valence electrons. The summed E-state index contributed by atoms with van der Waals surface area (Å²) in [7, 11) is 0. The summed E-state index contributed by atoms with van der Waals surface area (Å²) in [6.07, 6.45) is 1.76. The highest BCUT2D eigenvalue weighted by molar-refractivity contribution is 5.89. The number of benzene rings is 2. The fraction of sp³-hybridized carbons (Fsp3) is 0.375. The molecule has 6 nitrogen and oxygen atoms in total. The van der Waals surface area contributed by atoms with Crippen LogP contribution >= 0.6 is 0 Å². The zero-order valence-electron chi connectivity index (χ0n) is 17.8. The van der Waals surface area contributed by atoms with Gasteiger partial charge in [-0.15, -0.1) is 0 Å². The van der Waals surface area contributed by atoms with E-state index in [4.69, 9.17) is 4.74 Å². The van der Waals surface area contributed by atoms with Gasteiger partial charge in [-0.3, -0.25) is 9.59 Å². The molecule has 0 aliphatic rings. The average Bonchev–Trinajstić information content (AvgIpc) is 2.77. The quantitative estimate of drug-likeness (QED) is 0.509. The zero-order valence-corrected chi connectivity index (χ0v) is 17.8. The molecule has 1 unspecified atom stereocenters. The third-order valence-corrected chi connectivity index (χ3v) is 4.84. The third-order valence-electron chi connectivity index (χ3n) is 4.84. The Morgan fingerprint density at radius 3 is 2.26 bits per heavy atom. The van der Waals surface area contributed by atoms with E-state index in [0.29, 0.717) is 24.9 Å². The van der Waals surface area contributed by atoms with E-state index < -0.39 is 18.9 Å². The van der Waals surface area contributed by atoms with E-state index in [-0.39, 0.29) is 24.2 Å². The molecule has 0 aromatic heterocycles. The van der Waals surface area contributed by atoms with Crippen molar-refractivity contribution in [3.63, 3.8) is 0 Å². The molecule has 0 aliphatic carbocycles. The minimum atomic E-state index is -0.892. The molecule has 2 rings (SSSR count). The molecule has 0 saturated heterocycles. The van der Waals surface area contributed by atoms with Crippen molar-refractivity contribution >= 4 is 18.1 Å². The Kier molecular flexibility index (Phi) is 9.68. The molecule has 0 bridgehead atoms. The normalized spacial score (nSPS) is 12.6. The molecular formula is C24H29FN2O4. The summed E-state index contributed by atoms with van der Waals surface area (Å²) in [6, 6.07) is 14.8. The van der Waals surface area contributed by atoms with Crippen LogP contribution in [0.4, 0.5) is 4.39 Å². The topological polar surface area (TPSA) is 84.5 Å². The van der Waals surface area contributed by atoms with Gasteiger partial charge in [-0.05, 0) is 42.0 Å². The van der Waals surface area contributed by atoms with Crippen LogP contribution in [0, 0.1) is 5.92 Å². The number of aryl methyl sites for hydroxylation is 1. The maximum absolute atomic E-state index is 12.7. The first-order valence-electron chi connectivity index (χ1n) is 10.3. The lowest BCUT2D eigenvalue weighted by Crippen LogP contribution is -2.52.